The van der Waals surface area contributed by atoms with Crippen LogP contribution in [0.25, 0.3) is 0 Å². The van der Waals surface area contributed by atoms with E-state index in [1.54, 1.807) is 17.0 Å². The summed E-state index contributed by atoms with van der Waals surface area (Å²) in [6.07, 6.45) is 2.86. The molecular weight excluding hydrogens is 438 g/mol. The van der Waals surface area contributed by atoms with Gasteiger partial charge in [0.05, 0.1) is 26.0 Å². The van der Waals surface area contributed by atoms with Crippen LogP contribution in [0.3, 0.4) is 0 Å². The largest absolute Gasteiger partial charge is 0.465 e. The highest BCUT2D eigenvalue weighted by molar-refractivity contribution is 7.14. The molecule has 0 radical (unpaired) electrons. The monoisotopic (exact) mass is 467 g/mol. The Kier molecular flexibility index (Phi) is 7.42. The number of hydrogen-bond donors (Lipinski definition) is 0. The van der Waals surface area contributed by atoms with E-state index >= 15 is 0 Å². The van der Waals surface area contributed by atoms with Crippen molar-refractivity contribution in [3.63, 3.8) is 0 Å². The number of rotatable bonds is 4. The van der Waals surface area contributed by atoms with Crippen molar-refractivity contribution in [2.24, 2.45) is 0 Å². The van der Waals surface area contributed by atoms with Gasteiger partial charge in [-0.3, -0.25) is 4.79 Å². The SMILES string of the molecule is COC(=O)c1sc(C)cc1N(C(=O)c1ccccccccc1)C1CCC2(CC1)OCCO2. The molecule has 1 aliphatic carbocycles. The predicted octanol–water partition coefficient (Wildman–Crippen LogP) is 5.30. The fourth-order valence-electron chi connectivity index (χ4n) is 4.45. The lowest BCUT2D eigenvalue weighted by Crippen LogP contribution is -2.47. The Labute approximate surface area is 198 Å². The molecule has 33 heavy (non-hydrogen) atoms. The number of anilines is 1. The topological polar surface area (TPSA) is 65.1 Å². The Bertz CT molecular complexity index is 1020. The standard InChI is InChI=1S/C26H29NO5S/c1-19-18-22(23(33-19)25(29)30-2)27(21-12-14-26(15-13-21)31-16-17-32-26)24(28)20-10-8-6-4-3-5-7-9-11-20/h3-11,18,21H,12-17H2,1-2H3. The van der Waals surface area contributed by atoms with Crippen molar-refractivity contribution in [1.82, 2.24) is 0 Å². The second kappa shape index (κ2) is 10.5. The molecule has 4 rings (SSSR count). The molecule has 6 nitrogen and oxygen atoms in total. The lowest BCUT2D eigenvalue weighted by atomic mass is 9.88. The smallest absolute Gasteiger partial charge is 0.350 e. The van der Waals surface area contributed by atoms with E-state index in [9.17, 15) is 9.59 Å². The molecule has 0 unspecified atom stereocenters. The van der Waals surface area contributed by atoms with E-state index in [4.69, 9.17) is 14.2 Å². The number of methoxy groups -OCH3 is 1. The number of ether oxygens (including phenoxy) is 3. The van der Waals surface area contributed by atoms with E-state index in [2.05, 4.69) is 0 Å². The first kappa shape index (κ1) is 23.4. The highest BCUT2D eigenvalue weighted by Crippen LogP contribution is 2.41. The van der Waals surface area contributed by atoms with Gasteiger partial charge in [0.25, 0.3) is 5.91 Å². The van der Waals surface area contributed by atoms with Crippen LogP contribution < -0.4 is 4.90 Å². The summed E-state index contributed by atoms with van der Waals surface area (Å²) in [5.74, 6) is -1.11. The molecule has 0 bridgehead atoms. The quantitative estimate of drug-likeness (QED) is 0.571. The Balaban J connectivity index is 1.74. The highest BCUT2D eigenvalue weighted by Gasteiger charge is 2.43. The molecule has 1 aliphatic heterocycles. The Morgan fingerprint density at radius 2 is 1.58 bits per heavy atom. The summed E-state index contributed by atoms with van der Waals surface area (Å²) in [4.78, 5) is 29.7. The molecule has 174 valence electrons. The number of hydrogen-bond acceptors (Lipinski definition) is 6. The van der Waals surface area contributed by atoms with Crippen molar-refractivity contribution in [2.45, 2.75) is 44.4 Å². The van der Waals surface area contributed by atoms with Crippen LogP contribution in [0.2, 0.25) is 0 Å². The Hall–Kier alpha value is -2.74. The van der Waals surface area contributed by atoms with Crippen LogP contribution in [0.4, 0.5) is 5.69 Å². The van der Waals surface area contributed by atoms with Gasteiger partial charge < -0.3 is 19.1 Å². The van der Waals surface area contributed by atoms with E-state index in [-0.39, 0.29) is 11.9 Å². The second-order valence-electron chi connectivity index (χ2n) is 8.21. The Morgan fingerprint density at radius 1 is 1.00 bits per heavy atom. The van der Waals surface area contributed by atoms with Crippen LogP contribution in [0.15, 0.2) is 60.7 Å². The lowest BCUT2D eigenvalue weighted by molar-refractivity contribution is -0.178. The number of carbonyl (C=O) groups is 2. The molecule has 2 aliphatic rings. The average Bonchev–Trinajstić information content (AvgIpc) is 3.45. The first-order valence-electron chi connectivity index (χ1n) is 11.2. The first-order valence-corrected chi connectivity index (χ1v) is 12.0. The van der Waals surface area contributed by atoms with Gasteiger partial charge in [-0.2, -0.15) is 0 Å². The van der Waals surface area contributed by atoms with Gasteiger partial charge in [-0.15, -0.1) is 11.3 Å². The molecule has 1 aromatic carbocycles. The Morgan fingerprint density at radius 3 is 2.15 bits per heavy atom. The zero-order chi connectivity index (χ0) is 23.3. The predicted molar refractivity (Wildman–Crippen MR) is 128 cm³/mol. The summed E-state index contributed by atoms with van der Waals surface area (Å²) < 4.78 is 16.8. The van der Waals surface area contributed by atoms with Gasteiger partial charge in [-0.1, -0.05) is 42.5 Å². The third-order valence-electron chi connectivity index (χ3n) is 6.05. The molecule has 1 saturated carbocycles. The van der Waals surface area contributed by atoms with Crippen LogP contribution in [-0.2, 0) is 14.2 Å². The van der Waals surface area contributed by atoms with Crippen LogP contribution in [0.5, 0.6) is 0 Å². The molecule has 2 heterocycles. The van der Waals surface area contributed by atoms with Gasteiger partial charge in [0, 0.05) is 29.3 Å². The van der Waals surface area contributed by atoms with E-state index in [0.717, 1.165) is 17.7 Å². The van der Waals surface area contributed by atoms with Crippen molar-refractivity contribution in [1.29, 1.82) is 0 Å². The molecule has 2 fully saturated rings. The van der Waals surface area contributed by atoms with Crippen molar-refractivity contribution in [3.8, 4) is 0 Å². The van der Waals surface area contributed by atoms with E-state index in [0.29, 0.717) is 42.2 Å². The summed E-state index contributed by atoms with van der Waals surface area (Å²) in [6, 6.07) is 18.6. The summed E-state index contributed by atoms with van der Waals surface area (Å²) in [7, 11) is 1.36. The van der Waals surface area contributed by atoms with Crippen LogP contribution in [0.1, 0.15) is 50.6 Å². The zero-order valence-corrected chi connectivity index (χ0v) is 19.8. The molecule has 0 atom stereocenters. The molecule has 1 spiro atoms. The van der Waals surface area contributed by atoms with E-state index in [1.165, 1.54) is 18.4 Å². The van der Waals surface area contributed by atoms with Gasteiger partial charge in [0.1, 0.15) is 4.88 Å². The number of carbonyl (C=O) groups excluding carboxylic acids is 2. The third kappa shape index (κ3) is 5.27. The van der Waals surface area contributed by atoms with Crippen molar-refractivity contribution < 1.29 is 23.8 Å². The summed E-state index contributed by atoms with van der Waals surface area (Å²) in [5, 5.41) is 0. The molecule has 1 saturated heterocycles. The summed E-state index contributed by atoms with van der Waals surface area (Å²) in [5.41, 5.74) is 1.15. The number of aryl methyl sites for hydroxylation is 1. The molecule has 7 heteroatoms. The van der Waals surface area contributed by atoms with Crippen molar-refractivity contribution in [3.05, 3.63) is 76.0 Å². The zero-order valence-electron chi connectivity index (χ0n) is 19.0. The normalized spacial score (nSPS) is 17.4. The number of amides is 1. The minimum Gasteiger partial charge on any atom is -0.465 e. The molecular formula is C26H29NO5S. The maximum absolute atomic E-state index is 14.0. The molecule has 2 aromatic rings. The minimum absolute atomic E-state index is 0.0857. The van der Waals surface area contributed by atoms with E-state index < -0.39 is 11.8 Å². The van der Waals surface area contributed by atoms with Crippen LogP contribution >= 0.6 is 11.3 Å². The van der Waals surface area contributed by atoms with Crippen LogP contribution in [-0.4, -0.2) is 44.0 Å². The number of esters is 1. The highest BCUT2D eigenvalue weighted by atomic mass is 32.1. The second-order valence-corrected chi connectivity index (χ2v) is 9.47. The van der Waals surface area contributed by atoms with Gasteiger partial charge in [-0.05, 0) is 38.0 Å². The van der Waals surface area contributed by atoms with Gasteiger partial charge in [0.15, 0.2) is 5.79 Å². The molecule has 1 aromatic heterocycles. The van der Waals surface area contributed by atoms with Gasteiger partial charge in [0.2, 0.25) is 0 Å². The third-order valence-corrected chi connectivity index (χ3v) is 7.07. The fraction of sp³-hybridized carbons (Fsp3) is 0.385. The van der Waals surface area contributed by atoms with Gasteiger partial charge in [-0.25, -0.2) is 4.79 Å². The number of nitrogens with zero attached hydrogens (tertiary/aromatic N) is 1. The average molecular weight is 468 g/mol. The summed E-state index contributed by atoms with van der Waals surface area (Å²) in [6.45, 7) is 3.15. The molecule has 1 amide bonds. The maximum Gasteiger partial charge on any atom is 0.350 e. The number of thiophene rings is 1. The van der Waals surface area contributed by atoms with E-state index in [1.807, 2.05) is 55.5 Å². The van der Waals surface area contributed by atoms with Crippen molar-refractivity contribution in [2.75, 3.05) is 25.2 Å². The molecule has 0 N–H and O–H groups in total. The maximum atomic E-state index is 14.0. The lowest BCUT2D eigenvalue weighted by Gasteiger charge is -2.40. The van der Waals surface area contributed by atoms with Gasteiger partial charge >= 0.3 is 5.97 Å². The fourth-order valence-corrected chi connectivity index (χ4v) is 5.37. The van der Waals surface area contributed by atoms with Crippen molar-refractivity contribution >= 4 is 28.9 Å². The van der Waals surface area contributed by atoms with Crippen LogP contribution in [0, 0.1) is 6.92 Å². The first-order chi connectivity index (χ1) is 16.0. The minimum atomic E-state index is -0.531. The summed E-state index contributed by atoms with van der Waals surface area (Å²) >= 11 is 1.35.